The molecule has 15 heavy (non-hydrogen) atoms. The third-order valence-electron chi connectivity index (χ3n) is 1.96. The van der Waals surface area contributed by atoms with Crippen molar-refractivity contribution in [3.05, 3.63) is 23.2 Å². The number of carbonyl (C=O) groups excluding carboxylic acids is 1. The van der Waals surface area contributed by atoms with Crippen molar-refractivity contribution in [2.24, 2.45) is 0 Å². The Morgan fingerprint density at radius 2 is 2.40 bits per heavy atom. The van der Waals surface area contributed by atoms with Crippen molar-refractivity contribution in [1.82, 2.24) is 4.98 Å². The molecule has 78 valence electrons. The van der Waals surface area contributed by atoms with Gasteiger partial charge in [-0.3, -0.25) is 4.79 Å². The van der Waals surface area contributed by atoms with E-state index < -0.39 is 0 Å². The summed E-state index contributed by atoms with van der Waals surface area (Å²) in [6.45, 7) is 0. The van der Waals surface area contributed by atoms with E-state index >= 15 is 0 Å². The molecule has 5 heteroatoms. The largest absolute Gasteiger partial charge is 0.497 e. The zero-order chi connectivity index (χ0) is 10.8. The number of hydrogen-bond donors (Lipinski definition) is 0. The molecule has 0 bridgehead atoms. The lowest BCUT2D eigenvalue weighted by Crippen LogP contribution is -1.98. The molecule has 0 saturated carbocycles. The van der Waals surface area contributed by atoms with Gasteiger partial charge in [-0.05, 0) is 18.2 Å². The van der Waals surface area contributed by atoms with E-state index in [9.17, 15) is 4.79 Å². The molecule has 1 heterocycles. The summed E-state index contributed by atoms with van der Waals surface area (Å²) in [6, 6.07) is 5.50. The lowest BCUT2D eigenvalue weighted by molar-refractivity contribution is 0.102. The monoisotopic (exact) mass is 241 g/mol. The summed E-state index contributed by atoms with van der Waals surface area (Å²) in [6.07, 6.45) is 0. The number of Topliss-reactive ketones (excluding diaryl/α,β-unsaturated/α-hetero) is 1. The molecule has 0 unspecified atom stereocenters. The first-order valence-electron chi connectivity index (χ1n) is 4.28. The Kier molecular flexibility index (Phi) is 2.88. The number of hydrogen-bond acceptors (Lipinski definition) is 4. The van der Waals surface area contributed by atoms with Gasteiger partial charge in [0.15, 0.2) is 5.01 Å². The Labute approximate surface area is 95.6 Å². The number of alkyl halides is 1. The van der Waals surface area contributed by atoms with Crippen LogP contribution >= 0.6 is 22.9 Å². The quantitative estimate of drug-likeness (QED) is 0.613. The summed E-state index contributed by atoms with van der Waals surface area (Å²) >= 11 is 6.80. The van der Waals surface area contributed by atoms with Crippen LogP contribution in [0, 0.1) is 0 Å². The highest BCUT2D eigenvalue weighted by Crippen LogP contribution is 2.26. The molecule has 1 aromatic heterocycles. The number of carbonyl (C=O) groups is 1. The second-order valence-electron chi connectivity index (χ2n) is 2.91. The Bertz CT molecular complexity index is 509. The van der Waals surface area contributed by atoms with Gasteiger partial charge in [0.1, 0.15) is 5.75 Å². The van der Waals surface area contributed by atoms with Crippen molar-refractivity contribution in [2.75, 3.05) is 13.0 Å². The van der Waals surface area contributed by atoms with E-state index in [0.29, 0.717) is 5.01 Å². The van der Waals surface area contributed by atoms with Gasteiger partial charge in [0.25, 0.3) is 0 Å². The van der Waals surface area contributed by atoms with Crippen molar-refractivity contribution in [3.63, 3.8) is 0 Å². The van der Waals surface area contributed by atoms with Gasteiger partial charge in [0, 0.05) is 0 Å². The third kappa shape index (κ3) is 1.96. The maximum atomic E-state index is 11.3. The predicted octanol–water partition coefficient (Wildman–Crippen LogP) is 2.73. The average molecular weight is 242 g/mol. The van der Waals surface area contributed by atoms with E-state index in [0.717, 1.165) is 16.0 Å². The highest BCUT2D eigenvalue weighted by atomic mass is 35.5. The van der Waals surface area contributed by atoms with E-state index in [1.165, 1.54) is 11.3 Å². The Hall–Kier alpha value is -1.13. The van der Waals surface area contributed by atoms with Gasteiger partial charge in [-0.1, -0.05) is 0 Å². The van der Waals surface area contributed by atoms with Crippen LogP contribution in [0.2, 0.25) is 0 Å². The average Bonchev–Trinajstić information content (AvgIpc) is 2.70. The Balaban J connectivity index is 2.51. The smallest absolute Gasteiger partial charge is 0.206 e. The number of ketones is 1. The standard InChI is InChI=1S/C10H8ClNO2S/c1-14-6-2-3-7-9(4-6)15-10(12-7)8(13)5-11/h2-4H,5H2,1H3. The highest BCUT2D eigenvalue weighted by Gasteiger charge is 2.11. The molecule has 0 amide bonds. The van der Waals surface area contributed by atoms with Crippen LogP contribution in [0.5, 0.6) is 5.75 Å². The Morgan fingerprint density at radius 3 is 3.07 bits per heavy atom. The number of methoxy groups -OCH3 is 1. The van der Waals surface area contributed by atoms with Crippen molar-refractivity contribution < 1.29 is 9.53 Å². The lowest BCUT2D eigenvalue weighted by Gasteiger charge is -1.96. The van der Waals surface area contributed by atoms with Gasteiger partial charge in [-0.2, -0.15) is 0 Å². The fraction of sp³-hybridized carbons (Fsp3) is 0.200. The topological polar surface area (TPSA) is 39.2 Å². The van der Waals surface area contributed by atoms with Gasteiger partial charge in [-0.25, -0.2) is 4.98 Å². The van der Waals surface area contributed by atoms with Gasteiger partial charge in [-0.15, -0.1) is 22.9 Å². The molecule has 0 aliphatic heterocycles. The lowest BCUT2D eigenvalue weighted by atomic mass is 10.3. The van der Waals surface area contributed by atoms with Crippen LogP contribution in [0.4, 0.5) is 0 Å². The van der Waals surface area contributed by atoms with Crippen molar-refractivity contribution >= 4 is 38.9 Å². The van der Waals surface area contributed by atoms with Crippen molar-refractivity contribution in [1.29, 1.82) is 0 Å². The molecule has 0 saturated heterocycles. The molecule has 0 radical (unpaired) electrons. The normalized spacial score (nSPS) is 10.5. The molecule has 1 aromatic carbocycles. The number of nitrogens with zero attached hydrogens (tertiary/aromatic N) is 1. The molecule has 0 N–H and O–H groups in total. The zero-order valence-electron chi connectivity index (χ0n) is 7.99. The molecule has 0 spiro atoms. The fourth-order valence-electron chi connectivity index (χ4n) is 1.21. The van der Waals surface area contributed by atoms with Crippen LogP contribution < -0.4 is 4.74 Å². The van der Waals surface area contributed by atoms with Crippen LogP contribution in [0.1, 0.15) is 9.80 Å². The first-order valence-corrected chi connectivity index (χ1v) is 5.63. The zero-order valence-corrected chi connectivity index (χ0v) is 9.56. The van der Waals surface area contributed by atoms with E-state index in [4.69, 9.17) is 16.3 Å². The molecule has 2 rings (SSSR count). The minimum absolute atomic E-state index is 0.0308. The van der Waals surface area contributed by atoms with Crippen LogP contribution in [0.15, 0.2) is 18.2 Å². The number of fused-ring (bicyclic) bond motifs is 1. The summed E-state index contributed by atoms with van der Waals surface area (Å²) in [5, 5.41) is 0.452. The minimum atomic E-state index is -0.142. The van der Waals surface area contributed by atoms with Crippen LogP contribution in [0.25, 0.3) is 10.2 Å². The summed E-state index contributed by atoms with van der Waals surface area (Å²) in [4.78, 5) is 15.5. The number of ether oxygens (including phenoxy) is 1. The van der Waals surface area contributed by atoms with Crippen LogP contribution in [0.3, 0.4) is 0 Å². The maximum Gasteiger partial charge on any atom is 0.206 e. The minimum Gasteiger partial charge on any atom is -0.497 e. The van der Waals surface area contributed by atoms with E-state index in [2.05, 4.69) is 4.98 Å². The molecule has 0 aliphatic carbocycles. The van der Waals surface area contributed by atoms with Crippen LogP contribution in [-0.2, 0) is 0 Å². The summed E-state index contributed by atoms with van der Waals surface area (Å²) in [5.74, 6) is 0.588. The fourth-order valence-corrected chi connectivity index (χ4v) is 2.35. The number of benzene rings is 1. The van der Waals surface area contributed by atoms with E-state index in [1.807, 2.05) is 18.2 Å². The molecular weight excluding hydrogens is 234 g/mol. The van der Waals surface area contributed by atoms with Crippen LogP contribution in [-0.4, -0.2) is 23.8 Å². The first kappa shape index (κ1) is 10.4. The second-order valence-corrected chi connectivity index (χ2v) is 4.21. The number of rotatable bonds is 3. The SMILES string of the molecule is COc1ccc2nc(C(=O)CCl)sc2c1. The third-order valence-corrected chi connectivity index (χ3v) is 3.26. The summed E-state index contributed by atoms with van der Waals surface area (Å²) in [7, 11) is 1.60. The van der Waals surface area contributed by atoms with Gasteiger partial charge < -0.3 is 4.74 Å². The van der Waals surface area contributed by atoms with Gasteiger partial charge >= 0.3 is 0 Å². The highest BCUT2D eigenvalue weighted by molar-refractivity contribution is 7.20. The van der Waals surface area contributed by atoms with E-state index in [1.54, 1.807) is 7.11 Å². The van der Waals surface area contributed by atoms with Crippen molar-refractivity contribution in [2.45, 2.75) is 0 Å². The number of aromatic nitrogens is 1. The van der Waals surface area contributed by atoms with Gasteiger partial charge in [0.2, 0.25) is 5.78 Å². The molecule has 3 nitrogen and oxygen atoms in total. The molecule has 0 atom stereocenters. The molecular formula is C10H8ClNO2S. The first-order chi connectivity index (χ1) is 7.24. The summed E-state index contributed by atoms with van der Waals surface area (Å²) < 4.78 is 6.02. The predicted molar refractivity (Wildman–Crippen MR) is 61.2 cm³/mol. The van der Waals surface area contributed by atoms with Crippen molar-refractivity contribution in [3.8, 4) is 5.75 Å². The summed E-state index contributed by atoms with van der Waals surface area (Å²) in [5.41, 5.74) is 0.800. The molecule has 0 aliphatic rings. The number of halogens is 1. The molecule has 0 fully saturated rings. The molecule has 2 aromatic rings. The Morgan fingerprint density at radius 1 is 1.60 bits per heavy atom. The number of thiazole rings is 1. The van der Waals surface area contributed by atoms with Gasteiger partial charge in [0.05, 0.1) is 23.2 Å². The van der Waals surface area contributed by atoms with E-state index in [-0.39, 0.29) is 11.7 Å². The maximum absolute atomic E-state index is 11.3. The second kappa shape index (κ2) is 4.16.